The van der Waals surface area contributed by atoms with Gasteiger partial charge in [0.1, 0.15) is 18.2 Å². The summed E-state index contributed by atoms with van der Waals surface area (Å²) in [6.07, 6.45) is 2.33. The van der Waals surface area contributed by atoms with E-state index >= 15 is 0 Å². The predicted octanol–water partition coefficient (Wildman–Crippen LogP) is 2.93. The molecule has 1 N–H and O–H groups in total. The van der Waals surface area contributed by atoms with Crippen molar-refractivity contribution in [3.8, 4) is 0 Å². The molecule has 1 atom stereocenters. The highest BCUT2D eigenvalue weighted by Gasteiger charge is 2.26. The molecular formula is C16H28N4O. The summed E-state index contributed by atoms with van der Waals surface area (Å²) in [7, 11) is 1.68. The van der Waals surface area contributed by atoms with Gasteiger partial charge in [0, 0.05) is 32.8 Å². The first-order valence-corrected chi connectivity index (χ1v) is 7.99. The van der Waals surface area contributed by atoms with Crippen LogP contribution in [0.5, 0.6) is 0 Å². The molecule has 2 heterocycles. The Morgan fingerprint density at radius 3 is 2.86 bits per heavy atom. The van der Waals surface area contributed by atoms with Crippen LogP contribution in [0.25, 0.3) is 0 Å². The standard InChI is InChI=1S/C16H28N4O/c1-5-7-17-14-9-16(19-15(18-14)11-21-4)20-8-6-13(10-20)12(2)3/h9,12-13H,5-8,10-11H2,1-4H3,(H,17,18,19). The molecule has 2 rings (SSSR count). The summed E-state index contributed by atoms with van der Waals surface area (Å²) in [5.74, 6) is 4.17. The molecule has 1 aliphatic heterocycles. The second-order valence-corrected chi connectivity index (χ2v) is 6.13. The number of anilines is 2. The zero-order valence-electron chi connectivity index (χ0n) is 13.7. The van der Waals surface area contributed by atoms with E-state index in [1.165, 1.54) is 6.42 Å². The van der Waals surface area contributed by atoms with Gasteiger partial charge in [-0.15, -0.1) is 0 Å². The lowest BCUT2D eigenvalue weighted by molar-refractivity contribution is 0.178. The lowest BCUT2D eigenvalue weighted by atomic mass is 9.95. The van der Waals surface area contributed by atoms with Crippen LogP contribution in [0.2, 0.25) is 0 Å². The molecule has 0 saturated carbocycles. The Morgan fingerprint density at radius 2 is 2.24 bits per heavy atom. The summed E-state index contributed by atoms with van der Waals surface area (Å²) < 4.78 is 5.19. The Kier molecular flexibility index (Phi) is 5.79. The van der Waals surface area contributed by atoms with Crippen LogP contribution in [0, 0.1) is 11.8 Å². The molecule has 0 aliphatic carbocycles. The van der Waals surface area contributed by atoms with Crippen molar-refractivity contribution in [1.29, 1.82) is 0 Å². The summed E-state index contributed by atoms with van der Waals surface area (Å²) in [5, 5.41) is 3.36. The van der Waals surface area contributed by atoms with Crippen LogP contribution in [0.15, 0.2) is 6.07 Å². The lowest BCUT2D eigenvalue weighted by Crippen LogP contribution is -2.23. The molecule has 0 bridgehead atoms. The van der Waals surface area contributed by atoms with Crippen LogP contribution in [-0.2, 0) is 11.3 Å². The van der Waals surface area contributed by atoms with Gasteiger partial charge in [-0.25, -0.2) is 9.97 Å². The first-order chi connectivity index (χ1) is 10.1. The van der Waals surface area contributed by atoms with Crippen molar-refractivity contribution in [3.05, 3.63) is 11.9 Å². The van der Waals surface area contributed by atoms with Crippen LogP contribution in [0.4, 0.5) is 11.6 Å². The first-order valence-electron chi connectivity index (χ1n) is 7.99. The Bertz CT molecular complexity index is 450. The largest absolute Gasteiger partial charge is 0.377 e. The van der Waals surface area contributed by atoms with Crippen LogP contribution in [0.3, 0.4) is 0 Å². The normalized spacial score (nSPS) is 18.5. The molecule has 0 aromatic carbocycles. The molecule has 1 fully saturated rings. The molecule has 0 amide bonds. The van der Waals surface area contributed by atoms with Gasteiger partial charge in [0.2, 0.25) is 0 Å². The van der Waals surface area contributed by atoms with E-state index in [0.29, 0.717) is 6.61 Å². The molecule has 118 valence electrons. The van der Waals surface area contributed by atoms with Crippen molar-refractivity contribution in [2.75, 3.05) is 37.0 Å². The van der Waals surface area contributed by atoms with Crippen LogP contribution in [-0.4, -0.2) is 36.7 Å². The second-order valence-electron chi connectivity index (χ2n) is 6.13. The number of ether oxygens (including phenoxy) is 1. The topological polar surface area (TPSA) is 50.3 Å². The van der Waals surface area contributed by atoms with Crippen LogP contribution < -0.4 is 10.2 Å². The second kappa shape index (κ2) is 7.59. The number of methoxy groups -OCH3 is 1. The Morgan fingerprint density at radius 1 is 1.43 bits per heavy atom. The Labute approximate surface area is 128 Å². The van der Waals surface area contributed by atoms with Crippen molar-refractivity contribution >= 4 is 11.6 Å². The van der Waals surface area contributed by atoms with E-state index in [4.69, 9.17) is 4.74 Å². The van der Waals surface area contributed by atoms with Crippen molar-refractivity contribution in [2.24, 2.45) is 11.8 Å². The maximum Gasteiger partial charge on any atom is 0.158 e. The third-order valence-corrected chi connectivity index (χ3v) is 4.08. The summed E-state index contributed by atoms with van der Waals surface area (Å²) in [6, 6.07) is 2.07. The fourth-order valence-electron chi connectivity index (χ4n) is 2.72. The maximum absolute atomic E-state index is 5.19. The minimum absolute atomic E-state index is 0.454. The summed E-state index contributed by atoms with van der Waals surface area (Å²) in [6.45, 7) is 10.3. The third-order valence-electron chi connectivity index (χ3n) is 4.08. The molecule has 0 radical (unpaired) electrons. The van der Waals surface area contributed by atoms with Gasteiger partial charge in [-0.2, -0.15) is 0 Å². The SMILES string of the molecule is CCCNc1cc(N2CCC(C(C)C)C2)nc(COC)n1. The lowest BCUT2D eigenvalue weighted by Gasteiger charge is -2.20. The number of rotatable bonds is 7. The minimum atomic E-state index is 0.454. The minimum Gasteiger partial charge on any atom is -0.377 e. The fraction of sp³-hybridized carbons (Fsp3) is 0.750. The van der Waals surface area contributed by atoms with Crippen LogP contribution in [0.1, 0.15) is 39.4 Å². The average Bonchev–Trinajstić information content (AvgIpc) is 2.95. The molecule has 1 unspecified atom stereocenters. The number of nitrogens with one attached hydrogen (secondary N) is 1. The van der Waals surface area contributed by atoms with Gasteiger partial charge in [-0.3, -0.25) is 0 Å². The predicted molar refractivity (Wildman–Crippen MR) is 86.7 cm³/mol. The molecule has 1 aromatic rings. The molecule has 21 heavy (non-hydrogen) atoms. The van der Waals surface area contributed by atoms with Crippen molar-refractivity contribution < 1.29 is 4.74 Å². The number of nitrogens with zero attached hydrogens (tertiary/aromatic N) is 3. The van der Waals surface area contributed by atoms with Crippen molar-refractivity contribution in [3.63, 3.8) is 0 Å². The van der Waals surface area contributed by atoms with Gasteiger partial charge in [0.25, 0.3) is 0 Å². The van der Waals surface area contributed by atoms with Gasteiger partial charge in [-0.1, -0.05) is 20.8 Å². The molecule has 1 saturated heterocycles. The molecular weight excluding hydrogens is 264 g/mol. The quantitative estimate of drug-likeness (QED) is 0.837. The van der Waals surface area contributed by atoms with Gasteiger partial charge < -0.3 is 15.0 Å². The fourth-order valence-corrected chi connectivity index (χ4v) is 2.72. The molecule has 1 aromatic heterocycles. The summed E-state index contributed by atoms with van der Waals surface area (Å²) >= 11 is 0. The Hall–Kier alpha value is -1.36. The average molecular weight is 292 g/mol. The number of hydrogen-bond donors (Lipinski definition) is 1. The first kappa shape index (κ1) is 16.0. The monoisotopic (exact) mass is 292 g/mol. The van der Waals surface area contributed by atoms with E-state index in [-0.39, 0.29) is 0 Å². The third kappa shape index (κ3) is 4.30. The van der Waals surface area contributed by atoms with E-state index in [9.17, 15) is 0 Å². The highest BCUT2D eigenvalue weighted by atomic mass is 16.5. The van der Waals surface area contributed by atoms with E-state index in [0.717, 1.165) is 55.4 Å². The number of aromatic nitrogens is 2. The van der Waals surface area contributed by atoms with E-state index < -0.39 is 0 Å². The Balaban J connectivity index is 2.15. The van der Waals surface area contributed by atoms with Crippen LogP contribution >= 0.6 is 0 Å². The van der Waals surface area contributed by atoms with Gasteiger partial charge in [0.15, 0.2) is 5.82 Å². The maximum atomic E-state index is 5.19. The smallest absolute Gasteiger partial charge is 0.158 e. The zero-order chi connectivity index (χ0) is 15.2. The van der Waals surface area contributed by atoms with Gasteiger partial charge >= 0.3 is 0 Å². The molecule has 5 nitrogen and oxygen atoms in total. The van der Waals surface area contributed by atoms with Crippen molar-refractivity contribution in [1.82, 2.24) is 9.97 Å². The van der Waals surface area contributed by atoms with Gasteiger partial charge in [0.05, 0.1) is 0 Å². The zero-order valence-corrected chi connectivity index (χ0v) is 13.7. The molecule has 5 heteroatoms. The molecule has 1 aliphatic rings. The summed E-state index contributed by atoms with van der Waals surface area (Å²) in [4.78, 5) is 11.5. The highest BCUT2D eigenvalue weighted by Crippen LogP contribution is 2.28. The van der Waals surface area contributed by atoms with E-state index in [1.807, 2.05) is 0 Å². The summed E-state index contributed by atoms with van der Waals surface area (Å²) in [5.41, 5.74) is 0. The highest BCUT2D eigenvalue weighted by molar-refractivity contribution is 5.50. The molecule has 0 spiro atoms. The van der Waals surface area contributed by atoms with Crippen molar-refractivity contribution in [2.45, 2.75) is 40.2 Å². The van der Waals surface area contributed by atoms with Gasteiger partial charge in [-0.05, 0) is 24.7 Å². The number of hydrogen-bond acceptors (Lipinski definition) is 5. The van der Waals surface area contributed by atoms with E-state index in [2.05, 4.69) is 47.0 Å². The van der Waals surface area contributed by atoms with E-state index in [1.54, 1.807) is 7.11 Å².